The van der Waals surface area contributed by atoms with Gasteiger partial charge in [0.2, 0.25) is 5.91 Å². The highest BCUT2D eigenvalue weighted by atomic mass is 32.1. The van der Waals surface area contributed by atoms with Crippen molar-refractivity contribution in [3.05, 3.63) is 16.9 Å². The third kappa shape index (κ3) is 2.20. The van der Waals surface area contributed by atoms with Gasteiger partial charge < -0.3 is 14.0 Å². The van der Waals surface area contributed by atoms with Crippen LogP contribution in [0.25, 0.3) is 10.2 Å². The van der Waals surface area contributed by atoms with E-state index in [9.17, 15) is 4.79 Å². The Morgan fingerprint density at radius 2 is 2.00 bits per heavy atom. The van der Waals surface area contributed by atoms with E-state index in [4.69, 9.17) is 9.47 Å². The molecule has 0 fully saturated rings. The topological polar surface area (TPSA) is 52.8 Å². The standard InChI is InChI=1S/C14H16N2O3S/c1-3-13(17)15-14-16(4-2)9-7-10-11(8-12(9)20-14)19-6-5-18-10/h7-8H,3-6H2,1-2H3. The Hall–Kier alpha value is -1.82. The summed E-state index contributed by atoms with van der Waals surface area (Å²) in [6.45, 7) is 5.76. The molecule has 6 heteroatoms. The SMILES string of the molecule is CCC(=O)N=c1sc2cc3c(cc2n1CC)OCCO3. The lowest BCUT2D eigenvalue weighted by Crippen LogP contribution is -2.16. The van der Waals surface area contributed by atoms with Gasteiger partial charge in [0.25, 0.3) is 0 Å². The van der Waals surface area contributed by atoms with Crippen molar-refractivity contribution in [1.29, 1.82) is 0 Å². The largest absolute Gasteiger partial charge is 0.486 e. The van der Waals surface area contributed by atoms with Crippen LogP contribution in [-0.2, 0) is 11.3 Å². The quantitative estimate of drug-likeness (QED) is 0.853. The Bertz CT molecular complexity index is 730. The van der Waals surface area contributed by atoms with Gasteiger partial charge in [0, 0.05) is 25.1 Å². The number of benzene rings is 1. The number of rotatable bonds is 2. The molecule has 5 nitrogen and oxygen atoms in total. The molecule has 0 spiro atoms. The first kappa shape index (κ1) is 13.2. The lowest BCUT2D eigenvalue weighted by atomic mass is 10.2. The molecule has 0 bridgehead atoms. The van der Waals surface area contributed by atoms with Crippen LogP contribution < -0.4 is 14.3 Å². The zero-order valence-electron chi connectivity index (χ0n) is 11.5. The number of aromatic nitrogens is 1. The molecule has 0 aliphatic carbocycles. The van der Waals surface area contributed by atoms with E-state index in [1.54, 1.807) is 0 Å². The Kier molecular flexibility index (Phi) is 3.48. The molecule has 1 amide bonds. The Balaban J connectivity index is 2.23. The first-order chi connectivity index (χ1) is 9.72. The molecule has 2 aromatic rings. The molecule has 2 heterocycles. The van der Waals surface area contributed by atoms with Crippen molar-refractivity contribution >= 4 is 27.5 Å². The van der Waals surface area contributed by atoms with E-state index in [2.05, 4.69) is 4.99 Å². The zero-order valence-corrected chi connectivity index (χ0v) is 12.3. The number of fused-ring (bicyclic) bond motifs is 2. The van der Waals surface area contributed by atoms with Crippen molar-refractivity contribution < 1.29 is 14.3 Å². The van der Waals surface area contributed by atoms with Gasteiger partial charge in [-0.1, -0.05) is 18.3 Å². The predicted molar refractivity (Wildman–Crippen MR) is 77.3 cm³/mol. The van der Waals surface area contributed by atoms with E-state index in [1.165, 1.54) is 11.3 Å². The first-order valence-electron chi connectivity index (χ1n) is 6.73. The number of carbonyl (C=O) groups is 1. The summed E-state index contributed by atoms with van der Waals surface area (Å²) in [4.78, 5) is 16.5. The van der Waals surface area contributed by atoms with E-state index >= 15 is 0 Å². The van der Waals surface area contributed by atoms with Gasteiger partial charge in [-0.2, -0.15) is 4.99 Å². The third-order valence-corrected chi connectivity index (χ3v) is 4.23. The molecule has 0 N–H and O–H groups in total. The van der Waals surface area contributed by atoms with Crippen molar-refractivity contribution in [1.82, 2.24) is 4.57 Å². The second-order valence-corrected chi connectivity index (χ2v) is 5.46. The van der Waals surface area contributed by atoms with Crippen molar-refractivity contribution in [2.75, 3.05) is 13.2 Å². The molecule has 1 aromatic heterocycles. The van der Waals surface area contributed by atoms with E-state index < -0.39 is 0 Å². The molecule has 0 saturated carbocycles. The van der Waals surface area contributed by atoms with E-state index in [-0.39, 0.29) is 5.91 Å². The number of hydrogen-bond acceptors (Lipinski definition) is 4. The number of hydrogen-bond donors (Lipinski definition) is 0. The van der Waals surface area contributed by atoms with Crippen LogP contribution in [0.2, 0.25) is 0 Å². The van der Waals surface area contributed by atoms with Gasteiger partial charge >= 0.3 is 0 Å². The Morgan fingerprint density at radius 1 is 1.30 bits per heavy atom. The van der Waals surface area contributed by atoms with E-state index in [0.29, 0.717) is 19.6 Å². The molecule has 1 aliphatic rings. The lowest BCUT2D eigenvalue weighted by Gasteiger charge is -2.18. The smallest absolute Gasteiger partial charge is 0.248 e. The van der Waals surface area contributed by atoms with Crippen LogP contribution in [0.15, 0.2) is 17.1 Å². The second-order valence-electron chi connectivity index (χ2n) is 4.45. The molecule has 3 rings (SSSR count). The zero-order chi connectivity index (χ0) is 14.1. The molecule has 0 atom stereocenters. The summed E-state index contributed by atoms with van der Waals surface area (Å²) in [5.41, 5.74) is 1.03. The average molecular weight is 292 g/mol. The van der Waals surface area contributed by atoms with Gasteiger partial charge in [-0.05, 0) is 6.92 Å². The van der Waals surface area contributed by atoms with Gasteiger partial charge in [-0.15, -0.1) is 0 Å². The van der Waals surface area contributed by atoms with Crippen LogP contribution in [0.3, 0.4) is 0 Å². The number of amides is 1. The molecule has 0 saturated heterocycles. The normalized spacial score (nSPS) is 14.8. The van der Waals surface area contributed by atoms with Gasteiger partial charge in [-0.25, -0.2) is 0 Å². The summed E-state index contributed by atoms with van der Waals surface area (Å²) in [6, 6.07) is 3.94. The van der Waals surface area contributed by atoms with Crippen LogP contribution in [0.4, 0.5) is 0 Å². The fourth-order valence-electron chi connectivity index (χ4n) is 2.18. The van der Waals surface area contributed by atoms with Crippen molar-refractivity contribution in [2.24, 2.45) is 4.99 Å². The van der Waals surface area contributed by atoms with Crippen LogP contribution in [-0.4, -0.2) is 23.7 Å². The van der Waals surface area contributed by atoms with Crippen LogP contribution >= 0.6 is 11.3 Å². The van der Waals surface area contributed by atoms with Gasteiger partial charge in [0.05, 0.1) is 10.2 Å². The number of ether oxygens (including phenoxy) is 2. The van der Waals surface area contributed by atoms with Crippen molar-refractivity contribution in [3.8, 4) is 11.5 Å². The lowest BCUT2D eigenvalue weighted by molar-refractivity contribution is -0.117. The van der Waals surface area contributed by atoms with Gasteiger partial charge in [-0.3, -0.25) is 4.79 Å². The Morgan fingerprint density at radius 3 is 2.65 bits per heavy atom. The summed E-state index contributed by atoms with van der Waals surface area (Å²) in [6.07, 6.45) is 0.417. The molecular weight excluding hydrogens is 276 g/mol. The molecule has 106 valence electrons. The fraction of sp³-hybridized carbons (Fsp3) is 0.429. The van der Waals surface area contributed by atoms with Crippen molar-refractivity contribution in [3.63, 3.8) is 0 Å². The average Bonchev–Trinajstić information content (AvgIpc) is 2.80. The molecule has 0 radical (unpaired) electrons. The number of carbonyl (C=O) groups excluding carboxylic acids is 1. The molecule has 1 aliphatic heterocycles. The molecule has 20 heavy (non-hydrogen) atoms. The minimum absolute atomic E-state index is 0.101. The fourth-order valence-corrected chi connectivity index (χ4v) is 3.30. The summed E-state index contributed by atoms with van der Waals surface area (Å²) >= 11 is 1.50. The van der Waals surface area contributed by atoms with Crippen LogP contribution in [0.1, 0.15) is 20.3 Å². The van der Waals surface area contributed by atoms with Gasteiger partial charge in [0.15, 0.2) is 16.3 Å². The van der Waals surface area contributed by atoms with Crippen LogP contribution in [0, 0.1) is 0 Å². The van der Waals surface area contributed by atoms with Crippen molar-refractivity contribution in [2.45, 2.75) is 26.8 Å². The summed E-state index contributed by atoms with van der Waals surface area (Å²) in [5, 5.41) is 0. The predicted octanol–water partition coefficient (Wildman–Crippen LogP) is 2.33. The highest BCUT2D eigenvalue weighted by Crippen LogP contribution is 2.35. The summed E-state index contributed by atoms with van der Waals surface area (Å²) in [7, 11) is 0. The van der Waals surface area contributed by atoms with Gasteiger partial charge in [0.1, 0.15) is 13.2 Å². The molecule has 1 aromatic carbocycles. The number of thiazole rings is 1. The highest BCUT2D eigenvalue weighted by Gasteiger charge is 2.16. The molecular formula is C14H16N2O3S. The highest BCUT2D eigenvalue weighted by molar-refractivity contribution is 7.16. The molecule has 0 unspecified atom stereocenters. The maximum atomic E-state index is 11.6. The third-order valence-electron chi connectivity index (χ3n) is 3.19. The monoisotopic (exact) mass is 292 g/mol. The van der Waals surface area contributed by atoms with Crippen LogP contribution in [0.5, 0.6) is 11.5 Å². The van der Waals surface area contributed by atoms with E-state index in [0.717, 1.165) is 33.1 Å². The number of aryl methyl sites for hydroxylation is 1. The minimum atomic E-state index is -0.101. The minimum Gasteiger partial charge on any atom is -0.486 e. The number of nitrogens with zero attached hydrogens (tertiary/aromatic N) is 2. The summed E-state index contributed by atoms with van der Waals surface area (Å²) in [5.74, 6) is 1.43. The first-order valence-corrected chi connectivity index (χ1v) is 7.55. The second kappa shape index (κ2) is 5.28. The maximum absolute atomic E-state index is 11.6. The maximum Gasteiger partial charge on any atom is 0.248 e. The Labute approximate surface area is 120 Å². The van der Waals surface area contributed by atoms with E-state index in [1.807, 2.05) is 30.5 Å². The summed E-state index contributed by atoms with van der Waals surface area (Å²) < 4.78 is 14.3.